The molecular weight excluding hydrogens is 265 g/mol. The van der Waals surface area contributed by atoms with Crippen LogP contribution in [0.2, 0.25) is 5.28 Å². The lowest BCUT2D eigenvalue weighted by molar-refractivity contribution is 0.0601. The van der Waals surface area contributed by atoms with Crippen LogP contribution in [-0.4, -0.2) is 28.3 Å². The highest BCUT2D eigenvalue weighted by Crippen LogP contribution is 2.21. The van der Waals surface area contributed by atoms with Crippen LogP contribution in [0.5, 0.6) is 0 Å². The summed E-state index contributed by atoms with van der Waals surface area (Å²) in [6.07, 6.45) is 0. The summed E-state index contributed by atoms with van der Waals surface area (Å²) < 4.78 is 4.67. The summed E-state index contributed by atoms with van der Waals surface area (Å²) in [6, 6.07) is 6.90. The number of esters is 1. The quantitative estimate of drug-likeness (QED) is 0.853. The zero-order valence-corrected chi connectivity index (χ0v) is 10.4. The van der Waals surface area contributed by atoms with E-state index in [0.717, 1.165) is 0 Å². The lowest BCUT2D eigenvalue weighted by atomic mass is 10.1. The Kier molecular flexibility index (Phi) is 4.48. The number of H-pyrrole nitrogens is 1. The molecule has 1 aromatic heterocycles. The Morgan fingerprint density at radius 1 is 1.41 bits per heavy atom. The van der Waals surface area contributed by atoms with Crippen LogP contribution in [0.25, 0.3) is 11.4 Å². The number of carbonyl (C=O) groups is 1. The van der Waals surface area contributed by atoms with Crippen LogP contribution in [0.3, 0.4) is 0 Å². The van der Waals surface area contributed by atoms with Gasteiger partial charge in [0.15, 0.2) is 5.82 Å². The molecule has 1 N–H and O–H groups in total. The maximum Gasteiger partial charge on any atom is 0.338 e. The minimum Gasteiger partial charge on any atom is -0.465 e. The third-order valence-corrected chi connectivity index (χ3v) is 2.20. The van der Waals surface area contributed by atoms with Gasteiger partial charge in [-0.25, -0.2) is 9.89 Å². The molecule has 2 rings (SSSR count). The average Bonchev–Trinajstić information content (AvgIpc) is 2.75. The van der Waals surface area contributed by atoms with E-state index in [0.29, 0.717) is 17.0 Å². The van der Waals surface area contributed by atoms with Crippen LogP contribution >= 0.6 is 24.0 Å². The Bertz CT molecular complexity index is 528. The molecular formula is C10H9Cl2N3O2. The fourth-order valence-electron chi connectivity index (χ4n) is 1.33. The Balaban J connectivity index is 0.00000144. The molecule has 0 fully saturated rings. The van der Waals surface area contributed by atoms with Gasteiger partial charge in [0.05, 0.1) is 12.7 Å². The number of ether oxygens (including phenoxy) is 1. The lowest BCUT2D eigenvalue weighted by Crippen LogP contribution is -2.03. The lowest BCUT2D eigenvalue weighted by Gasteiger charge is -2.03. The number of methoxy groups -OCH3 is 1. The van der Waals surface area contributed by atoms with Crippen molar-refractivity contribution >= 4 is 30.0 Å². The minimum atomic E-state index is -0.434. The van der Waals surface area contributed by atoms with Crippen LogP contribution in [0.1, 0.15) is 10.4 Å². The molecule has 0 atom stereocenters. The molecule has 5 nitrogen and oxygen atoms in total. The van der Waals surface area contributed by atoms with Gasteiger partial charge in [0.25, 0.3) is 0 Å². The molecule has 0 bridgehead atoms. The second-order valence-corrected chi connectivity index (χ2v) is 3.35. The van der Waals surface area contributed by atoms with Gasteiger partial charge in [-0.2, -0.15) is 10.1 Å². The van der Waals surface area contributed by atoms with Crippen molar-refractivity contribution in [1.82, 2.24) is 15.2 Å². The van der Waals surface area contributed by atoms with E-state index in [4.69, 9.17) is 11.6 Å². The van der Waals surface area contributed by atoms with Crippen LogP contribution in [0.15, 0.2) is 24.3 Å². The Labute approximate surface area is 109 Å². The third-order valence-electron chi connectivity index (χ3n) is 2.03. The first-order valence-corrected chi connectivity index (χ1v) is 4.86. The zero-order valence-electron chi connectivity index (χ0n) is 8.81. The number of hydrogen-bond donors (Lipinski definition) is 1. The highest BCUT2D eigenvalue weighted by atomic mass is 35.5. The summed E-state index contributed by atoms with van der Waals surface area (Å²) in [5, 5.41) is 6.57. The van der Waals surface area contributed by atoms with Crippen molar-refractivity contribution in [2.75, 3.05) is 7.11 Å². The van der Waals surface area contributed by atoms with Crippen LogP contribution in [0.4, 0.5) is 0 Å². The van der Waals surface area contributed by atoms with Gasteiger partial charge >= 0.3 is 5.97 Å². The summed E-state index contributed by atoms with van der Waals surface area (Å²) in [7, 11) is 1.32. The Hall–Kier alpha value is -1.59. The normalized spacial score (nSPS) is 9.53. The summed E-state index contributed by atoms with van der Waals surface area (Å²) in [5.41, 5.74) is 0.984. The third kappa shape index (κ3) is 2.75. The van der Waals surface area contributed by atoms with Gasteiger partial charge in [0.1, 0.15) is 0 Å². The molecule has 0 aliphatic heterocycles. The van der Waals surface area contributed by atoms with Gasteiger partial charge in [-0.15, -0.1) is 12.4 Å². The van der Waals surface area contributed by atoms with Crippen LogP contribution < -0.4 is 0 Å². The number of aromatic amines is 1. The highest BCUT2D eigenvalue weighted by Gasteiger charge is 2.15. The number of nitrogens with zero attached hydrogens (tertiary/aromatic N) is 2. The number of halogens is 2. The van der Waals surface area contributed by atoms with Crippen molar-refractivity contribution in [3.05, 3.63) is 35.1 Å². The fraction of sp³-hybridized carbons (Fsp3) is 0.100. The maximum absolute atomic E-state index is 11.5. The summed E-state index contributed by atoms with van der Waals surface area (Å²) >= 11 is 5.63. The van der Waals surface area contributed by atoms with Crippen LogP contribution in [-0.2, 0) is 4.74 Å². The van der Waals surface area contributed by atoms with E-state index < -0.39 is 5.97 Å². The molecule has 0 aliphatic rings. The average molecular weight is 274 g/mol. The van der Waals surface area contributed by atoms with Crippen molar-refractivity contribution < 1.29 is 9.53 Å². The number of rotatable bonds is 2. The largest absolute Gasteiger partial charge is 0.465 e. The van der Waals surface area contributed by atoms with Crippen molar-refractivity contribution in [3.63, 3.8) is 0 Å². The molecule has 0 spiro atoms. The topological polar surface area (TPSA) is 67.9 Å². The van der Waals surface area contributed by atoms with Crippen molar-refractivity contribution in [3.8, 4) is 11.4 Å². The molecule has 0 saturated heterocycles. The molecule has 0 saturated carbocycles. The first-order valence-electron chi connectivity index (χ1n) is 4.48. The van der Waals surface area contributed by atoms with E-state index in [1.54, 1.807) is 24.3 Å². The summed E-state index contributed by atoms with van der Waals surface area (Å²) in [6.45, 7) is 0. The van der Waals surface area contributed by atoms with E-state index in [-0.39, 0.29) is 17.7 Å². The van der Waals surface area contributed by atoms with Gasteiger partial charge in [0.2, 0.25) is 5.28 Å². The molecule has 17 heavy (non-hydrogen) atoms. The SMILES string of the molecule is COC(=O)c1ccccc1-c1n[nH]c(Cl)n1.Cl. The fourth-order valence-corrected chi connectivity index (χ4v) is 1.45. The predicted molar refractivity (Wildman–Crippen MR) is 65.4 cm³/mol. The second kappa shape index (κ2) is 5.65. The Morgan fingerprint density at radius 3 is 2.71 bits per heavy atom. The van der Waals surface area contributed by atoms with Crippen molar-refractivity contribution in [2.45, 2.75) is 0 Å². The van der Waals surface area contributed by atoms with Gasteiger partial charge in [-0.3, -0.25) is 0 Å². The van der Waals surface area contributed by atoms with Gasteiger partial charge in [-0.1, -0.05) is 18.2 Å². The van der Waals surface area contributed by atoms with E-state index in [9.17, 15) is 4.79 Å². The van der Waals surface area contributed by atoms with Crippen LogP contribution in [0, 0.1) is 0 Å². The number of nitrogens with one attached hydrogen (secondary N) is 1. The molecule has 1 heterocycles. The highest BCUT2D eigenvalue weighted by molar-refractivity contribution is 6.28. The van der Waals surface area contributed by atoms with E-state index in [1.807, 2.05) is 0 Å². The zero-order chi connectivity index (χ0) is 11.5. The number of aromatic nitrogens is 3. The predicted octanol–water partition coefficient (Wildman–Crippen LogP) is 2.33. The minimum absolute atomic E-state index is 0. The van der Waals surface area contributed by atoms with Crippen molar-refractivity contribution in [2.24, 2.45) is 0 Å². The van der Waals surface area contributed by atoms with Gasteiger partial charge in [0, 0.05) is 5.56 Å². The molecule has 0 aliphatic carbocycles. The second-order valence-electron chi connectivity index (χ2n) is 2.99. The number of carbonyl (C=O) groups excluding carboxylic acids is 1. The number of hydrogen-bond acceptors (Lipinski definition) is 4. The maximum atomic E-state index is 11.5. The van der Waals surface area contributed by atoms with Crippen molar-refractivity contribution in [1.29, 1.82) is 0 Å². The molecule has 7 heteroatoms. The smallest absolute Gasteiger partial charge is 0.338 e. The van der Waals surface area contributed by atoms with E-state index in [2.05, 4.69) is 19.9 Å². The van der Waals surface area contributed by atoms with Gasteiger partial charge in [-0.05, 0) is 17.7 Å². The molecule has 1 aromatic carbocycles. The van der Waals surface area contributed by atoms with Gasteiger partial charge < -0.3 is 4.74 Å². The molecule has 0 unspecified atom stereocenters. The standard InChI is InChI=1S/C10H8ClN3O2.ClH/c1-16-9(15)7-5-3-2-4-6(7)8-12-10(11)14-13-8;/h2-5H,1H3,(H,12,13,14);1H. The molecule has 0 amide bonds. The van der Waals surface area contributed by atoms with E-state index in [1.165, 1.54) is 7.11 Å². The molecule has 0 radical (unpaired) electrons. The first kappa shape index (κ1) is 13.5. The number of benzene rings is 1. The molecule has 90 valence electrons. The molecule has 2 aromatic rings. The summed E-state index contributed by atoms with van der Waals surface area (Å²) in [5.74, 6) is -0.0671. The first-order chi connectivity index (χ1) is 7.72. The summed E-state index contributed by atoms with van der Waals surface area (Å²) in [4.78, 5) is 15.4. The van der Waals surface area contributed by atoms with E-state index >= 15 is 0 Å². The Morgan fingerprint density at radius 2 is 2.12 bits per heavy atom. The monoisotopic (exact) mass is 273 g/mol.